The first-order chi connectivity index (χ1) is 11.2. The predicted octanol–water partition coefficient (Wildman–Crippen LogP) is 2.71. The molecule has 0 radical (unpaired) electrons. The lowest BCUT2D eigenvalue weighted by Gasteiger charge is -2.29. The summed E-state index contributed by atoms with van der Waals surface area (Å²) in [4.78, 5) is 7.08. The van der Waals surface area contributed by atoms with Gasteiger partial charge in [-0.15, -0.1) is 24.0 Å². The molecule has 24 heavy (non-hydrogen) atoms. The number of methoxy groups -OCH3 is 1. The van der Waals surface area contributed by atoms with Crippen LogP contribution in [0, 0.1) is 5.92 Å². The van der Waals surface area contributed by atoms with E-state index in [2.05, 4.69) is 46.6 Å². The summed E-state index contributed by atoms with van der Waals surface area (Å²) in [5, 5.41) is 6.82. The number of aliphatic imine (C=N–C) groups is 1. The smallest absolute Gasteiger partial charge is 0.191 e. The molecule has 1 saturated heterocycles. The monoisotopic (exact) mass is 446 g/mol. The van der Waals surface area contributed by atoms with Crippen LogP contribution in [0.15, 0.2) is 29.3 Å². The number of piperidine rings is 1. The summed E-state index contributed by atoms with van der Waals surface area (Å²) in [7, 11) is 3.88. The van der Waals surface area contributed by atoms with Crippen molar-refractivity contribution in [3.63, 3.8) is 0 Å². The molecule has 0 spiro atoms. The molecule has 0 bridgehead atoms. The lowest BCUT2D eigenvalue weighted by atomic mass is 9.97. The van der Waals surface area contributed by atoms with Crippen molar-refractivity contribution in [1.29, 1.82) is 0 Å². The van der Waals surface area contributed by atoms with Crippen molar-refractivity contribution in [3.05, 3.63) is 29.8 Å². The number of hydrogen-bond acceptors (Lipinski definition) is 3. The van der Waals surface area contributed by atoms with E-state index in [0.717, 1.165) is 30.7 Å². The summed E-state index contributed by atoms with van der Waals surface area (Å²) in [5.41, 5.74) is 1.18. The van der Waals surface area contributed by atoms with Crippen molar-refractivity contribution in [2.24, 2.45) is 10.9 Å². The second-order valence-corrected chi connectivity index (χ2v) is 6.17. The minimum Gasteiger partial charge on any atom is -0.497 e. The second kappa shape index (κ2) is 11.5. The summed E-state index contributed by atoms with van der Waals surface area (Å²) in [6, 6.07) is 8.07. The highest BCUT2D eigenvalue weighted by Crippen LogP contribution is 2.15. The SMILES string of the molecule is CCNC(=NCc1ccc(OC)cc1)NCC1CCN(C)CC1.I. The molecule has 0 amide bonds. The van der Waals surface area contributed by atoms with Crippen molar-refractivity contribution in [2.75, 3.05) is 40.3 Å². The van der Waals surface area contributed by atoms with Gasteiger partial charge in [-0.1, -0.05) is 12.1 Å². The Morgan fingerprint density at radius 2 is 1.88 bits per heavy atom. The van der Waals surface area contributed by atoms with Gasteiger partial charge in [-0.2, -0.15) is 0 Å². The average Bonchev–Trinajstić information content (AvgIpc) is 2.59. The topological polar surface area (TPSA) is 48.9 Å². The van der Waals surface area contributed by atoms with E-state index in [4.69, 9.17) is 4.74 Å². The van der Waals surface area contributed by atoms with E-state index >= 15 is 0 Å². The lowest BCUT2D eigenvalue weighted by molar-refractivity contribution is 0.220. The van der Waals surface area contributed by atoms with Gasteiger partial charge in [-0.25, -0.2) is 4.99 Å². The van der Waals surface area contributed by atoms with Crippen LogP contribution in [0.25, 0.3) is 0 Å². The van der Waals surface area contributed by atoms with Crippen molar-refractivity contribution >= 4 is 29.9 Å². The third-order valence-electron chi connectivity index (χ3n) is 4.32. The molecule has 0 aromatic heterocycles. The fourth-order valence-corrected chi connectivity index (χ4v) is 2.75. The van der Waals surface area contributed by atoms with Crippen LogP contribution in [0.4, 0.5) is 0 Å². The minimum atomic E-state index is 0. The first-order valence-corrected chi connectivity index (χ1v) is 8.55. The van der Waals surface area contributed by atoms with Crippen LogP contribution < -0.4 is 15.4 Å². The van der Waals surface area contributed by atoms with Crippen LogP contribution in [0.5, 0.6) is 5.75 Å². The van der Waals surface area contributed by atoms with Gasteiger partial charge in [0.25, 0.3) is 0 Å². The highest BCUT2D eigenvalue weighted by atomic mass is 127. The van der Waals surface area contributed by atoms with E-state index in [1.807, 2.05) is 12.1 Å². The average molecular weight is 446 g/mol. The largest absolute Gasteiger partial charge is 0.497 e. The molecular formula is C18H31IN4O. The normalized spacial score (nSPS) is 16.4. The molecule has 1 aliphatic heterocycles. The van der Waals surface area contributed by atoms with Crippen LogP contribution in [0.3, 0.4) is 0 Å². The Morgan fingerprint density at radius 1 is 1.21 bits per heavy atom. The molecule has 136 valence electrons. The maximum Gasteiger partial charge on any atom is 0.191 e. The van der Waals surface area contributed by atoms with E-state index in [-0.39, 0.29) is 24.0 Å². The molecule has 2 N–H and O–H groups in total. The van der Waals surface area contributed by atoms with Crippen molar-refractivity contribution in [1.82, 2.24) is 15.5 Å². The Bertz CT molecular complexity index is 484. The molecule has 5 nitrogen and oxygen atoms in total. The summed E-state index contributed by atoms with van der Waals surface area (Å²) in [6.45, 7) is 7.05. The van der Waals surface area contributed by atoms with Gasteiger partial charge in [0.2, 0.25) is 0 Å². The van der Waals surface area contributed by atoms with E-state index in [1.54, 1.807) is 7.11 Å². The molecule has 0 unspecified atom stereocenters. The molecule has 0 saturated carbocycles. The summed E-state index contributed by atoms with van der Waals surface area (Å²) in [5.74, 6) is 2.53. The highest BCUT2D eigenvalue weighted by Gasteiger charge is 2.16. The van der Waals surface area contributed by atoms with Gasteiger partial charge in [0.05, 0.1) is 13.7 Å². The van der Waals surface area contributed by atoms with Crippen LogP contribution in [0.2, 0.25) is 0 Å². The highest BCUT2D eigenvalue weighted by molar-refractivity contribution is 14.0. The number of likely N-dealkylation sites (tertiary alicyclic amines) is 1. The number of ether oxygens (including phenoxy) is 1. The number of benzene rings is 1. The third-order valence-corrected chi connectivity index (χ3v) is 4.32. The molecule has 0 atom stereocenters. The Kier molecular flexibility index (Phi) is 10.1. The van der Waals surface area contributed by atoms with Crippen LogP contribution in [0.1, 0.15) is 25.3 Å². The standard InChI is InChI=1S/C18H30N4O.HI/c1-4-19-18(21-14-16-9-11-22(2)12-10-16)20-13-15-5-7-17(23-3)8-6-15;/h5-8,16H,4,9-14H2,1-3H3,(H2,19,20,21);1H. The fourth-order valence-electron chi connectivity index (χ4n) is 2.75. The zero-order valence-corrected chi connectivity index (χ0v) is 17.4. The van der Waals surface area contributed by atoms with Gasteiger partial charge < -0.3 is 20.3 Å². The number of nitrogens with zero attached hydrogens (tertiary/aromatic N) is 2. The van der Waals surface area contributed by atoms with Crippen LogP contribution >= 0.6 is 24.0 Å². The molecule has 1 fully saturated rings. The van der Waals surface area contributed by atoms with E-state index < -0.39 is 0 Å². The van der Waals surface area contributed by atoms with Crippen molar-refractivity contribution in [2.45, 2.75) is 26.3 Å². The van der Waals surface area contributed by atoms with Gasteiger partial charge in [0.1, 0.15) is 5.75 Å². The molecule has 2 rings (SSSR count). The van der Waals surface area contributed by atoms with Crippen molar-refractivity contribution in [3.8, 4) is 5.75 Å². The number of guanidine groups is 1. The number of halogens is 1. The summed E-state index contributed by atoms with van der Waals surface area (Å²) < 4.78 is 5.18. The fraction of sp³-hybridized carbons (Fsp3) is 0.611. The number of hydrogen-bond donors (Lipinski definition) is 2. The van der Waals surface area contributed by atoms with Crippen LogP contribution in [-0.2, 0) is 6.54 Å². The number of nitrogens with one attached hydrogen (secondary N) is 2. The van der Waals surface area contributed by atoms with Gasteiger partial charge >= 0.3 is 0 Å². The van der Waals surface area contributed by atoms with Gasteiger partial charge in [0, 0.05) is 13.1 Å². The molecule has 1 heterocycles. The Balaban J connectivity index is 0.00000288. The van der Waals surface area contributed by atoms with Crippen LogP contribution in [-0.4, -0.2) is 51.2 Å². The van der Waals surface area contributed by atoms with E-state index in [9.17, 15) is 0 Å². The molecular weight excluding hydrogens is 415 g/mol. The molecule has 1 aromatic rings. The number of rotatable bonds is 6. The zero-order chi connectivity index (χ0) is 16.5. The third kappa shape index (κ3) is 7.25. The van der Waals surface area contributed by atoms with Crippen molar-refractivity contribution < 1.29 is 4.74 Å². The summed E-state index contributed by atoms with van der Waals surface area (Å²) in [6.07, 6.45) is 2.53. The minimum absolute atomic E-state index is 0. The molecule has 1 aliphatic rings. The Labute approximate surface area is 163 Å². The first kappa shape index (κ1) is 21.0. The summed E-state index contributed by atoms with van der Waals surface area (Å²) >= 11 is 0. The predicted molar refractivity (Wildman–Crippen MR) is 111 cm³/mol. The molecule has 1 aromatic carbocycles. The maximum atomic E-state index is 5.18. The Hall–Kier alpha value is -1.02. The molecule has 6 heteroatoms. The van der Waals surface area contributed by atoms with E-state index in [1.165, 1.54) is 31.5 Å². The van der Waals surface area contributed by atoms with Gasteiger partial charge in [-0.05, 0) is 63.5 Å². The zero-order valence-electron chi connectivity index (χ0n) is 15.0. The first-order valence-electron chi connectivity index (χ1n) is 8.55. The Morgan fingerprint density at radius 3 is 2.46 bits per heavy atom. The second-order valence-electron chi connectivity index (χ2n) is 6.17. The van der Waals surface area contributed by atoms with Gasteiger partial charge in [0.15, 0.2) is 5.96 Å². The van der Waals surface area contributed by atoms with E-state index in [0.29, 0.717) is 6.54 Å². The molecule has 0 aliphatic carbocycles. The van der Waals surface area contributed by atoms with Gasteiger partial charge in [-0.3, -0.25) is 0 Å². The lowest BCUT2D eigenvalue weighted by Crippen LogP contribution is -2.42. The quantitative estimate of drug-likeness (QED) is 0.401. The maximum absolute atomic E-state index is 5.18.